The minimum Gasteiger partial charge on any atom is -0.493 e. The van der Waals surface area contributed by atoms with E-state index in [2.05, 4.69) is 51.8 Å². The van der Waals surface area contributed by atoms with Crippen LogP contribution >= 0.6 is 0 Å². The van der Waals surface area contributed by atoms with Gasteiger partial charge in [-0.1, -0.05) is 25.1 Å². The highest BCUT2D eigenvalue weighted by molar-refractivity contribution is 5.59. The van der Waals surface area contributed by atoms with Gasteiger partial charge >= 0.3 is 0 Å². The Morgan fingerprint density at radius 3 is 2.22 bits per heavy atom. The summed E-state index contributed by atoms with van der Waals surface area (Å²) in [5.41, 5.74) is 3.37. The molecular weight excluding hydrogens is 340 g/mol. The third-order valence-electron chi connectivity index (χ3n) is 4.22. The average Bonchev–Trinajstić information content (AvgIpc) is 2.73. The Kier molecular flexibility index (Phi) is 6.10. The lowest BCUT2D eigenvalue weighted by molar-refractivity contribution is 0.354. The van der Waals surface area contributed by atoms with Crippen LogP contribution in [0.4, 0.5) is 17.3 Å². The Balaban J connectivity index is 1.65. The van der Waals surface area contributed by atoms with E-state index < -0.39 is 0 Å². The van der Waals surface area contributed by atoms with Gasteiger partial charge in [-0.2, -0.15) is 0 Å². The van der Waals surface area contributed by atoms with Gasteiger partial charge in [0.25, 0.3) is 0 Å². The molecule has 0 radical (unpaired) electrons. The molecule has 0 saturated carbocycles. The van der Waals surface area contributed by atoms with Crippen molar-refractivity contribution >= 4 is 17.3 Å². The fraction of sp³-hybridized carbons (Fsp3) is 0.238. The number of hydrogen-bond acceptors (Lipinski definition) is 6. The molecule has 2 N–H and O–H groups in total. The molecule has 0 atom stereocenters. The van der Waals surface area contributed by atoms with E-state index in [1.54, 1.807) is 20.5 Å². The average molecular weight is 364 g/mol. The van der Waals surface area contributed by atoms with E-state index in [9.17, 15) is 0 Å². The van der Waals surface area contributed by atoms with Crippen molar-refractivity contribution in [3.05, 3.63) is 66.0 Å². The zero-order chi connectivity index (χ0) is 19.1. The molecule has 0 fully saturated rings. The number of anilines is 3. The summed E-state index contributed by atoms with van der Waals surface area (Å²) in [4.78, 5) is 8.57. The van der Waals surface area contributed by atoms with E-state index in [-0.39, 0.29) is 0 Å². The summed E-state index contributed by atoms with van der Waals surface area (Å²) in [5, 5.41) is 6.61. The maximum atomic E-state index is 5.34. The normalized spacial score (nSPS) is 10.3. The highest BCUT2D eigenvalue weighted by atomic mass is 16.5. The number of methoxy groups -OCH3 is 2. The van der Waals surface area contributed by atoms with Gasteiger partial charge in [0.1, 0.15) is 18.0 Å². The van der Waals surface area contributed by atoms with E-state index in [4.69, 9.17) is 9.47 Å². The lowest BCUT2D eigenvalue weighted by Crippen LogP contribution is -2.03. The summed E-state index contributed by atoms with van der Waals surface area (Å²) in [5.74, 6) is 2.90. The number of aryl methyl sites for hydroxylation is 1. The first-order valence-corrected chi connectivity index (χ1v) is 8.84. The van der Waals surface area contributed by atoms with Crippen molar-refractivity contribution in [2.24, 2.45) is 0 Å². The number of ether oxygens (including phenoxy) is 2. The molecule has 6 nitrogen and oxygen atoms in total. The molecular formula is C21H24N4O2. The Hall–Kier alpha value is -3.28. The summed E-state index contributed by atoms with van der Waals surface area (Å²) in [6.07, 6.45) is 2.57. The monoisotopic (exact) mass is 364 g/mol. The first-order chi connectivity index (χ1) is 13.2. The van der Waals surface area contributed by atoms with Crippen molar-refractivity contribution < 1.29 is 9.47 Å². The van der Waals surface area contributed by atoms with Crippen LogP contribution in [0.5, 0.6) is 11.5 Å². The fourth-order valence-corrected chi connectivity index (χ4v) is 2.68. The van der Waals surface area contributed by atoms with Gasteiger partial charge in [-0.3, -0.25) is 0 Å². The smallest absolute Gasteiger partial charge is 0.161 e. The lowest BCUT2D eigenvalue weighted by Gasteiger charge is -2.11. The third kappa shape index (κ3) is 4.88. The zero-order valence-electron chi connectivity index (χ0n) is 15.8. The maximum Gasteiger partial charge on any atom is 0.161 e. The Labute approximate surface area is 159 Å². The second kappa shape index (κ2) is 8.89. The predicted molar refractivity (Wildman–Crippen MR) is 108 cm³/mol. The molecule has 2 aromatic carbocycles. The van der Waals surface area contributed by atoms with Crippen LogP contribution in [-0.4, -0.2) is 24.2 Å². The minimum atomic E-state index is 0.613. The van der Waals surface area contributed by atoms with Gasteiger partial charge in [-0.05, 0) is 41.8 Å². The summed E-state index contributed by atoms with van der Waals surface area (Å²) >= 11 is 0. The molecule has 0 amide bonds. The largest absolute Gasteiger partial charge is 0.493 e. The predicted octanol–water partition coefficient (Wildman–Crippen LogP) is 4.41. The third-order valence-corrected chi connectivity index (χ3v) is 4.22. The molecule has 0 unspecified atom stereocenters. The topological polar surface area (TPSA) is 68.3 Å². The molecule has 6 heteroatoms. The van der Waals surface area contributed by atoms with Crippen molar-refractivity contribution in [1.29, 1.82) is 0 Å². The van der Waals surface area contributed by atoms with Crippen molar-refractivity contribution in [3.8, 4) is 11.5 Å². The molecule has 1 heterocycles. The summed E-state index contributed by atoms with van der Waals surface area (Å²) in [6.45, 7) is 2.76. The van der Waals surface area contributed by atoms with E-state index in [0.29, 0.717) is 18.0 Å². The summed E-state index contributed by atoms with van der Waals surface area (Å²) < 4.78 is 10.6. The number of rotatable bonds is 8. The van der Waals surface area contributed by atoms with Crippen LogP contribution in [0.3, 0.4) is 0 Å². The molecule has 27 heavy (non-hydrogen) atoms. The molecule has 0 bridgehead atoms. The molecule has 0 aliphatic rings. The van der Waals surface area contributed by atoms with Crippen molar-refractivity contribution in [3.63, 3.8) is 0 Å². The van der Waals surface area contributed by atoms with Gasteiger partial charge in [0.05, 0.1) is 14.2 Å². The number of benzene rings is 2. The van der Waals surface area contributed by atoms with Crippen molar-refractivity contribution in [1.82, 2.24) is 9.97 Å². The molecule has 0 aliphatic carbocycles. The molecule has 0 aliphatic heterocycles. The molecule has 3 rings (SSSR count). The van der Waals surface area contributed by atoms with Gasteiger partial charge in [0.2, 0.25) is 0 Å². The van der Waals surface area contributed by atoms with Gasteiger partial charge in [-0.15, -0.1) is 0 Å². The second-order valence-electron chi connectivity index (χ2n) is 6.01. The number of hydrogen-bond donors (Lipinski definition) is 2. The zero-order valence-corrected chi connectivity index (χ0v) is 15.8. The highest BCUT2D eigenvalue weighted by Crippen LogP contribution is 2.27. The van der Waals surface area contributed by atoms with Gasteiger partial charge < -0.3 is 20.1 Å². The standard InChI is InChI=1S/C21H24N4O2/c1-4-15-5-8-17(9-6-15)25-21-12-20(23-14-24-21)22-13-16-7-10-18(26-2)19(11-16)27-3/h5-12,14H,4,13H2,1-3H3,(H2,22,23,24,25). The Morgan fingerprint density at radius 1 is 0.815 bits per heavy atom. The minimum absolute atomic E-state index is 0.613. The molecule has 0 spiro atoms. The molecule has 140 valence electrons. The molecule has 3 aromatic rings. The van der Waals surface area contributed by atoms with Crippen LogP contribution in [0.2, 0.25) is 0 Å². The van der Waals surface area contributed by atoms with E-state index in [1.165, 1.54) is 5.56 Å². The fourth-order valence-electron chi connectivity index (χ4n) is 2.68. The Morgan fingerprint density at radius 2 is 1.52 bits per heavy atom. The van der Waals surface area contributed by atoms with Crippen molar-refractivity contribution in [2.75, 3.05) is 24.9 Å². The first-order valence-electron chi connectivity index (χ1n) is 8.84. The van der Waals surface area contributed by atoms with Crippen LogP contribution in [-0.2, 0) is 13.0 Å². The van der Waals surface area contributed by atoms with E-state index in [0.717, 1.165) is 29.3 Å². The summed E-state index contributed by atoms with van der Waals surface area (Å²) in [6, 6.07) is 16.0. The van der Waals surface area contributed by atoms with Crippen LogP contribution in [0.1, 0.15) is 18.1 Å². The number of aromatic nitrogens is 2. The van der Waals surface area contributed by atoms with Crippen LogP contribution in [0, 0.1) is 0 Å². The van der Waals surface area contributed by atoms with Gasteiger partial charge in [0, 0.05) is 18.3 Å². The van der Waals surface area contributed by atoms with Crippen LogP contribution < -0.4 is 20.1 Å². The quantitative estimate of drug-likeness (QED) is 0.617. The maximum absolute atomic E-state index is 5.34. The number of nitrogens with zero attached hydrogens (tertiary/aromatic N) is 2. The van der Waals surface area contributed by atoms with Crippen LogP contribution in [0.15, 0.2) is 54.9 Å². The SMILES string of the molecule is CCc1ccc(Nc2cc(NCc3ccc(OC)c(OC)c3)ncn2)cc1. The first kappa shape index (κ1) is 18.5. The number of nitrogens with one attached hydrogen (secondary N) is 2. The lowest BCUT2D eigenvalue weighted by atomic mass is 10.1. The van der Waals surface area contributed by atoms with E-state index in [1.807, 2.05) is 24.3 Å². The van der Waals surface area contributed by atoms with Crippen molar-refractivity contribution in [2.45, 2.75) is 19.9 Å². The molecule has 0 saturated heterocycles. The van der Waals surface area contributed by atoms with Gasteiger partial charge in [0.15, 0.2) is 11.5 Å². The van der Waals surface area contributed by atoms with Gasteiger partial charge in [-0.25, -0.2) is 9.97 Å². The summed E-state index contributed by atoms with van der Waals surface area (Å²) in [7, 11) is 3.26. The molecule has 1 aromatic heterocycles. The van der Waals surface area contributed by atoms with E-state index >= 15 is 0 Å². The Bertz CT molecular complexity index is 882. The van der Waals surface area contributed by atoms with Crippen LogP contribution in [0.25, 0.3) is 0 Å². The second-order valence-corrected chi connectivity index (χ2v) is 6.01. The highest BCUT2D eigenvalue weighted by Gasteiger charge is 2.05.